The van der Waals surface area contributed by atoms with Crippen molar-refractivity contribution in [1.82, 2.24) is 0 Å². The normalized spacial score (nSPS) is 12.0. The molecule has 0 spiro atoms. The Morgan fingerprint density at radius 1 is 0.583 bits per heavy atom. The van der Waals surface area contributed by atoms with Gasteiger partial charge in [0.25, 0.3) is 0 Å². The third-order valence-electron chi connectivity index (χ3n) is 6.88. The van der Waals surface area contributed by atoms with E-state index in [9.17, 15) is 0 Å². The van der Waals surface area contributed by atoms with Gasteiger partial charge in [0, 0.05) is 6.21 Å². The summed E-state index contributed by atoms with van der Waals surface area (Å²) in [6.07, 6.45) is 23.5. The molecule has 2 nitrogen and oxygen atoms in total. The fraction of sp³-hybridized carbons (Fsp3) is 0.588. The van der Waals surface area contributed by atoms with Gasteiger partial charge in [0.1, 0.15) is 0 Å². The molecule has 36 heavy (non-hydrogen) atoms. The van der Waals surface area contributed by atoms with Gasteiger partial charge in [-0.15, -0.1) is 0 Å². The molecular weight excluding hydrogens is 436 g/mol. The molecule has 0 fully saturated rings. The summed E-state index contributed by atoms with van der Waals surface area (Å²) >= 11 is 0. The molecule has 0 unspecified atom stereocenters. The van der Waals surface area contributed by atoms with Crippen LogP contribution in [0.5, 0.6) is 0 Å². The van der Waals surface area contributed by atoms with Gasteiger partial charge in [-0.1, -0.05) is 116 Å². The van der Waals surface area contributed by atoms with Crippen LogP contribution in [0.15, 0.2) is 58.5 Å². The van der Waals surface area contributed by atoms with Crippen LogP contribution in [-0.2, 0) is 12.8 Å². The molecule has 0 atom stereocenters. The number of aryl methyl sites for hydroxylation is 2. The van der Waals surface area contributed by atoms with Crippen LogP contribution < -0.4 is 0 Å². The predicted octanol–water partition coefficient (Wildman–Crippen LogP) is 11.2. The molecule has 0 amide bonds. The van der Waals surface area contributed by atoms with Gasteiger partial charge in [-0.05, 0) is 73.9 Å². The van der Waals surface area contributed by atoms with E-state index < -0.39 is 0 Å². The number of hydrogen-bond acceptors (Lipinski definition) is 2. The lowest BCUT2D eigenvalue weighted by atomic mass is 10.1. The Morgan fingerprint density at radius 2 is 1.08 bits per heavy atom. The van der Waals surface area contributed by atoms with E-state index in [4.69, 9.17) is 9.98 Å². The second-order valence-corrected chi connectivity index (χ2v) is 10.3. The lowest BCUT2D eigenvalue weighted by molar-refractivity contribution is 0.616. The van der Waals surface area contributed by atoms with Crippen molar-refractivity contribution in [3.05, 3.63) is 59.7 Å². The Hall–Kier alpha value is -2.22. The Bertz CT molecular complexity index is 880. The molecule has 2 aromatic rings. The van der Waals surface area contributed by atoms with Gasteiger partial charge in [0.15, 0.2) is 0 Å². The fourth-order valence-electron chi connectivity index (χ4n) is 4.64. The topological polar surface area (TPSA) is 24.7 Å². The number of nitrogens with zero attached hydrogens (tertiary/aromatic N) is 2. The maximum Gasteiger partial charge on any atom is 0.0636 e. The number of unbranched alkanes of at least 4 members (excludes halogenated alkanes) is 11. The Kier molecular flexibility index (Phi) is 16.6. The zero-order chi connectivity index (χ0) is 25.7. The van der Waals surface area contributed by atoms with Crippen LogP contribution in [0.1, 0.15) is 128 Å². The number of rotatable bonds is 20. The van der Waals surface area contributed by atoms with Crippen molar-refractivity contribution in [2.24, 2.45) is 9.98 Å². The molecule has 0 aromatic heterocycles. The van der Waals surface area contributed by atoms with E-state index in [1.165, 1.54) is 101 Å². The minimum absolute atomic E-state index is 0.993. The summed E-state index contributed by atoms with van der Waals surface area (Å²) in [6.45, 7) is 6.81. The first-order valence-corrected chi connectivity index (χ1v) is 15.0. The molecule has 0 N–H and O–H groups in total. The lowest BCUT2D eigenvalue weighted by Crippen LogP contribution is -2.00. The molecule has 198 valence electrons. The summed E-state index contributed by atoms with van der Waals surface area (Å²) in [5.41, 5.74) is 6.01. The first kappa shape index (κ1) is 30.0. The van der Waals surface area contributed by atoms with Crippen molar-refractivity contribution < 1.29 is 0 Å². The van der Waals surface area contributed by atoms with E-state index in [0.717, 1.165) is 36.3 Å². The van der Waals surface area contributed by atoms with Crippen molar-refractivity contribution in [3.63, 3.8) is 0 Å². The summed E-state index contributed by atoms with van der Waals surface area (Å²) in [7, 11) is 0. The highest BCUT2D eigenvalue weighted by Crippen LogP contribution is 2.20. The maximum atomic E-state index is 5.07. The van der Waals surface area contributed by atoms with Crippen LogP contribution in [0.2, 0.25) is 0 Å². The van der Waals surface area contributed by atoms with Crippen molar-refractivity contribution in [2.45, 2.75) is 130 Å². The Morgan fingerprint density at radius 3 is 1.69 bits per heavy atom. The van der Waals surface area contributed by atoms with Crippen LogP contribution in [-0.4, -0.2) is 11.9 Å². The Labute approximate surface area is 222 Å². The summed E-state index contributed by atoms with van der Waals surface area (Å²) in [6, 6.07) is 17.6. The molecule has 0 aliphatic carbocycles. The van der Waals surface area contributed by atoms with Crippen molar-refractivity contribution in [2.75, 3.05) is 0 Å². The molecule has 0 bridgehead atoms. The quantitative estimate of drug-likeness (QED) is 0.131. The maximum absolute atomic E-state index is 5.07. The molecule has 2 rings (SSSR count). The molecule has 0 saturated carbocycles. The van der Waals surface area contributed by atoms with Gasteiger partial charge >= 0.3 is 0 Å². The standard InChI is InChI=1S/C34H52N2/c1-4-7-10-13-14-17-24-34(36-33-26-19-23-31(28-33)21-16-12-9-6-3)29-35-32-25-18-22-30(27-32)20-15-11-8-5-2/h18-19,22-23,25-29H,4-17,20-21,24H2,1-3H3. The highest BCUT2D eigenvalue weighted by molar-refractivity contribution is 6.31. The first-order valence-electron chi connectivity index (χ1n) is 15.0. The van der Waals surface area contributed by atoms with E-state index in [0.29, 0.717) is 0 Å². The Balaban J connectivity index is 2.07. The highest BCUT2D eigenvalue weighted by atomic mass is 14.8. The third-order valence-corrected chi connectivity index (χ3v) is 6.88. The SMILES string of the molecule is CCCCCCCCC(C=Nc1cccc(CCCCCC)c1)=Nc1cccc(CCCCCC)c1. The zero-order valence-corrected chi connectivity index (χ0v) is 23.6. The summed E-state index contributed by atoms with van der Waals surface area (Å²) in [5, 5.41) is 0. The lowest BCUT2D eigenvalue weighted by Gasteiger charge is -2.06. The van der Waals surface area contributed by atoms with Crippen molar-refractivity contribution >= 4 is 23.3 Å². The van der Waals surface area contributed by atoms with Gasteiger partial charge in [0.05, 0.1) is 17.1 Å². The number of aliphatic imine (C=N–C) groups is 2. The van der Waals surface area contributed by atoms with Crippen LogP contribution in [0.3, 0.4) is 0 Å². The van der Waals surface area contributed by atoms with Gasteiger partial charge in [0.2, 0.25) is 0 Å². The van der Waals surface area contributed by atoms with E-state index in [1.807, 2.05) is 6.21 Å². The van der Waals surface area contributed by atoms with Crippen LogP contribution in [0.25, 0.3) is 0 Å². The van der Waals surface area contributed by atoms with E-state index in [2.05, 4.69) is 69.3 Å². The monoisotopic (exact) mass is 488 g/mol. The highest BCUT2D eigenvalue weighted by Gasteiger charge is 2.02. The van der Waals surface area contributed by atoms with Crippen molar-refractivity contribution in [1.29, 1.82) is 0 Å². The fourth-order valence-corrected chi connectivity index (χ4v) is 4.64. The number of hydrogen-bond donors (Lipinski definition) is 0. The first-order chi connectivity index (χ1) is 17.7. The smallest absolute Gasteiger partial charge is 0.0636 e. The molecule has 0 saturated heterocycles. The third kappa shape index (κ3) is 13.8. The molecule has 0 aliphatic rings. The second-order valence-electron chi connectivity index (χ2n) is 10.3. The van der Waals surface area contributed by atoms with E-state index >= 15 is 0 Å². The average molecular weight is 489 g/mol. The van der Waals surface area contributed by atoms with E-state index in [-0.39, 0.29) is 0 Å². The van der Waals surface area contributed by atoms with Crippen molar-refractivity contribution in [3.8, 4) is 0 Å². The minimum Gasteiger partial charge on any atom is -0.255 e. The largest absolute Gasteiger partial charge is 0.255 e. The second kappa shape index (κ2) is 19.9. The van der Waals surface area contributed by atoms with Crippen LogP contribution in [0.4, 0.5) is 11.4 Å². The van der Waals surface area contributed by atoms with Gasteiger partial charge in [-0.3, -0.25) is 9.98 Å². The van der Waals surface area contributed by atoms with Gasteiger partial charge in [-0.2, -0.15) is 0 Å². The average Bonchev–Trinajstić information content (AvgIpc) is 2.90. The summed E-state index contributed by atoms with van der Waals surface area (Å²) in [4.78, 5) is 9.95. The molecule has 2 heteroatoms. The van der Waals surface area contributed by atoms with Crippen LogP contribution in [0, 0.1) is 0 Å². The van der Waals surface area contributed by atoms with E-state index in [1.54, 1.807) is 0 Å². The van der Waals surface area contributed by atoms with Crippen LogP contribution >= 0.6 is 0 Å². The zero-order valence-electron chi connectivity index (χ0n) is 23.6. The molecule has 2 aromatic carbocycles. The number of benzene rings is 2. The molecule has 0 heterocycles. The summed E-state index contributed by atoms with van der Waals surface area (Å²) < 4.78 is 0. The molecule has 0 radical (unpaired) electrons. The van der Waals surface area contributed by atoms with Gasteiger partial charge in [-0.25, -0.2) is 0 Å². The summed E-state index contributed by atoms with van der Waals surface area (Å²) in [5.74, 6) is 0. The van der Waals surface area contributed by atoms with Gasteiger partial charge < -0.3 is 0 Å². The molecular formula is C34H52N2. The molecule has 0 aliphatic heterocycles. The predicted molar refractivity (Wildman–Crippen MR) is 162 cm³/mol. The minimum atomic E-state index is 0.993.